The van der Waals surface area contributed by atoms with E-state index in [4.69, 9.17) is 4.74 Å². The van der Waals surface area contributed by atoms with Gasteiger partial charge in [-0.25, -0.2) is 0 Å². The molecule has 9 heteroatoms. The Morgan fingerprint density at radius 1 is 1.22 bits per heavy atom. The number of carbonyl (C=O) groups is 1. The average Bonchev–Trinajstić information content (AvgIpc) is 2.43. The first kappa shape index (κ1) is 21.5. The smallest absolute Gasteiger partial charge is 0.406 e. The van der Waals surface area contributed by atoms with Crippen LogP contribution in [-0.2, 0) is 9.53 Å². The minimum Gasteiger partial charge on any atom is -0.406 e. The second-order valence-electron chi connectivity index (χ2n) is 4.35. The molecule has 1 aromatic rings. The van der Waals surface area contributed by atoms with Crippen LogP contribution in [0, 0.1) is 0 Å². The predicted molar refractivity (Wildman–Crippen MR) is 83.0 cm³/mol. The van der Waals surface area contributed by atoms with Gasteiger partial charge in [-0.05, 0) is 44.2 Å². The first-order valence-electron chi connectivity index (χ1n) is 6.85. The van der Waals surface area contributed by atoms with E-state index in [-0.39, 0.29) is 30.6 Å². The van der Waals surface area contributed by atoms with Crippen LogP contribution in [-0.4, -0.2) is 38.6 Å². The van der Waals surface area contributed by atoms with E-state index in [0.29, 0.717) is 25.4 Å². The van der Waals surface area contributed by atoms with Crippen LogP contribution in [0.25, 0.3) is 0 Å². The van der Waals surface area contributed by atoms with Gasteiger partial charge in [0.1, 0.15) is 5.75 Å². The molecule has 0 aliphatic carbocycles. The first-order chi connectivity index (χ1) is 10.4. The van der Waals surface area contributed by atoms with Gasteiger partial charge in [0.2, 0.25) is 5.91 Å². The summed E-state index contributed by atoms with van der Waals surface area (Å²) in [7, 11) is 0. The van der Waals surface area contributed by atoms with Gasteiger partial charge < -0.3 is 20.1 Å². The Morgan fingerprint density at radius 2 is 1.87 bits per heavy atom. The van der Waals surface area contributed by atoms with E-state index >= 15 is 0 Å². The van der Waals surface area contributed by atoms with Gasteiger partial charge in [0.25, 0.3) is 0 Å². The fourth-order valence-electron chi connectivity index (χ4n) is 1.59. The Bertz CT molecular complexity index is 456. The summed E-state index contributed by atoms with van der Waals surface area (Å²) in [6, 6.07) is 4.96. The molecule has 0 fully saturated rings. The number of hydrogen-bond donors (Lipinski definition) is 2. The highest BCUT2D eigenvalue weighted by molar-refractivity contribution is 5.92. The van der Waals surface area contributed by atoms with Crippen LogP contribution in [0.3, 0.4) is 0 Å². The second-order valence-corrected chi connectivity index (χ2v) is 4.35. The number of benzene rings is 1. The minimum atomic E-state index is -4.73. The van der Waals surface area contributed by atoms with Crippen molar-refractivity contribution >= 4 is 24.0 Å². The highest BCUT2D eigenvalue weighted by Gasteiger charge is 2.30. The molecule has 0 bridgehead atoms. The van der Waals surface area contributed by atoms with Gasteiger partial charge in [0.05, 0.1) is 6.54 Å². The van der Waals surface area contributed by atoms with Crippen molar-refractivity contribution in [2.75, 3.05) is 31.6 Å². The van der Waals surface area contributed by atoms with Crippen molar-refractivity contribution in [3.63, 3.8) is 0 Å². The Labute approximate surface area is 138 Å². The van der Waals surface area contributed by atoms with E-state index in [2.05, 4.69) is 15.4 Å². The molecule has 0 radical (unpaired) electrons. The van der Waals surface area contributed by atoms with E-state index in [1.165, 1.54) is 12.1 Å². The van der Waals surface area contributed by atoms with Crippen LogP contribution in [0.2, 0.25) is 0 Å². The topological polar surface area (TPSA) is 59.6 Å². The number of rotatable bonds is 9. The Morgan fingerprint density at radius 3 is 2.43 bits per heavy atom. The molecule has 1 rings (SSSR count). The molecular formula is C14H20ClF3N2O3. The molecule has 0 aromatic heterocycles. The summed E-state index contributed by atoms with van der Waals surface area (Å²) >= 11 is 0. The molecular weight excluding hydrogens is 337 g/mol. The zero-order chi connectivity index (χ0) is 16.4. The zero-order valence-electron chi connectivity index (χ0n) is 12.6. The Balaban J connectivity index is 0.00000484. The molecule has 0 aliphatic rings. The molecule has 0 saturated carbocycles. The normalized spacial score (nSPS) is 10.8. The van der Waals surface area contributed by atoms with Crippen LogP contribution >= 0.6 is 12.4 Å². The fraction of sp³-hybridized carbons (Fsp3) is 0.500. The van der Waals surface area contributed by atoms with Crippen molar-refractivity contribution in [2.45, 2.75) is 19.7 Å². The van der Waals surface area contributed by atoms with Crippen molar-refractivity contribution in [2.24, 2.45) is 0 Å². The fourth-order valence-corrected chi connectivity index (χ4v) is 1.59. The maximum atomic E-state index is 12.0. The van der Waals surface area contributed by atoms with Crippen molar-refractivity contribution < 1.29 is 27.4 Å². The third-order valence-corrected chi connectivity index (χ3v) is 2.50. The number of ether oxygens (including phenoxy) is 2. The number of alkyl halides is 3. The van der Waals surface area contributed by atoms with Crippen LogP contribution < -0.4 is 15.4 Å². The summed E-state index contributed by atoms with van der Waals surface area (Å²) in [5.74, 6) is -0.611. The van der Waals surface area contributed by atoms with Gasteiger partial charge in [-0.1, -0.05) is 0 Å². The minimum absolute atomic E-state index is 0. The summed E-state index contributed by atoms with van der Waals surface area (Å²) in [4.78, 5) is 11.6. The van der Waals surface area contributed by atoms with Gasteiger partial charge in [0, 0.05) is 18.9 Å². The zero-order valence-corrected chi connectivity index (χ0v) is 13.4. The third-order valence-electron chi connectivity index (χ3n) is 2.50. The highest BCUT2D eigenvalue weighted by Crippen LogP contribution is 2.23. The maximum Gasteiger partial charge on any atom is 0.573 e. The molecule has 23 heavy (non-hydrogen) atoms. The van der Waals surface area contributed by atoms with Gasteiger partial charge in [-0.3, -0.25) is 4.79 Å². The number of nitrogens with one attached hydrogen (secondary N) is 2. The Hall–Kier alpha value is -1.51. The average molecular weight is 357 g/mol. The van der Waals surface area contributed by atoms with Crippen molar-refractivity contribution in [3.05, 3.63) is 24.3 Å². The molecule has 0 atom stereocenters. The molecule has 1 aromatic carbocycles. The van der Waals surface area contributed by atoms with Crippen LogP contribution in [0.5, 0.6) is 5.75 Å². The molecule has 0 heterocycles. The van der Waals surface area contributed by atoms with E-state index in [1.807, 2.05) is 6.92 Å². The van der Waals surface area contributed by atoms with Gasteiger partial charge in [-0.2, -0.15) is 0 Å². The lowest BCUT2D eigenvalue weighted by Crippen LogP contribution is -2.29. The maximum absolute atomic E-state index is 12.0. The first-order valence-corrected chi connectivity index (χ1v) is 6.85. The third kappa shape index (κ3) is 10.8. The molecule has 1 amide bonds. The van der Waals surface area contributed by atoms with E-state index < -0.39 is 6.36 Å². The second kappa shape index (κ2) is 11.1. The molecule has 132 valence electrons. The van der Waals surface area contributed by atoms with Gasteiger partial charge >= 0.3 is 6.36 Å². The standard InChI is InChI=1S/C14H19F3N2O3.ClH/c1-2-21-9-3-8-18-10-13(20)19-11-4-6-12(7-5-11)22-14(15,16)17;/h4-7,18H,2-3,8-10H2,1H3,(H,19,20);1H. The van der Waals surface area contributed by atoms with E-state index in [9.17, 15) is 18.0 Å². The van der Waals surface area contributed by atoms with Crippen molar-refractivity contribution in [3.8, 4) is 5.75 Å². The molecule has 0 saturated heterocycles. The lowest BCUT2D eigenvalue weighted by Gasteiger charge is -2.10. The van der Waals surface area contributed by atoms with Crippen LogP contribution in [0.1, 0.15) is 13.3 Å². The van der Waals surface area contributed by atoms with E-state index in [0.717, 1.165) is 18.6 Å². The summed E-state index contributed by atoms with van der Waals surface area (Å²) in [5.41, 5.74) is 0.399. The van der Waals surface area contributed by atoms with Crippen LogP contribution in [0.15, 0.2) is 24.3 Å². The molecule has 0 unspecified atom stereocenters. The van der Waals surface area contributed by atoms with Crippen LogP contribution in [0.4, 0.5) is 18.9 Å². The van der Waals surface area contributed by atoms with Crippen molar-refractivity contribution in [1.29, 1.82) is 0 Å². The SMILES string of the molecule is CCOCCCNCC(=O)Nc1ccc(OC(F)(F)F)cc1.Cl. The quantitative estimate of drug-likeness (QED) is 0.668. The van der Waals surface area contributed by atoms with E-state index in [1.54, 1.807) is 0 Å². The lowest BCUT2D eigenvalue weighted by atomic mass is 10.3. The van der Waals surface area contributed by atoms with Crippen molar-refractivity contribution in [1.82, 2.24) is 5.32 Å². The molecule has 0 spiro atoms. The number of amides is 1. The number of carbonyl (C=O) groups excluding carboxylic acids is 1. The number of anilines is 1. The summed E-state index contributed by atoms with van der Waals surface area (Å²) < 4.78 is 44.9. The highest BCUT2D eigenvalue weighted by atomic mass is 35.5. The molecule has 5 nitrogen and oxygen atoms in total. The summed E-state index contributed by atoms with van der Waals surface area (Å²) in [6.07, 6.45) is -3.93. The summed E-state index contributed by atoms with van der Waals surface area (Å²) in [5, 5.41) is 5.51. The van der Waals surface area contributed by atoms with Gasteiger partial charge in [-0.15, -0.1) is 25.6 Å². The number of hydrogen-bond acceptors (Lipinski definition) is 4. The lowest BCUT2D eigenvalue weighted by molar-refractivity contribution is -0.274. The Kier molecular flexibility index (Phi) is 10.4. The predicted octanol–water partition coefficient (Wildman–Crippen LogP) is 2.96. The van der Waals surface area contributed by atoms with Gasteiger partial charge in [0.15, 0.2) is 0 Å². The molecule has 0 aliphatic heterocycles. The molecule has 2 N–H and O–H groups in total. The monoisotopic (exact) mass is 356 g/mol. The summed E-state index contributed by atoms with van der Waals surface area (Å²) in [6.45, 7) is 3.96. The number of halogens is 4. The largest absolute Gasteiger partial charge is 0.573 e.